The number of hydrogen-bond donors (Lipinski definition) is 2. The van der Waals surface area contributed by atoms with Gasteiger partial charge in [-0.15, -0.1) is 0 Å². The van der Waals surface area contributed by atoms with Gasteiger partial charge in [0.25, 0.3) is 0 Å². The van der Waals surface area contributed by atoms with Crippen LogP contribution in [0.4, 0.5) is 21.0 Å². The largest absolute Gasteiger partial charge is 0.465 e. The van der Waals surface area contributed by atoms with Gasteiger partial charge in [0.1, 0.15) is 0 Å². The van der Waals surface area contributed by atoms with E-state index < -0.39 is 12.2 Å². The predicted molar refractivity (Wildman–Crippen MR) is 119 cm³/mol. The predicted octanol–water partition coefficient (Wildman–Crippen LogP) is 6.65. The van der Waals surface area contributed by atoms with E-state index in [1.165, 1.54) is 14.1 Å². The number of nitrogens with zero attached hydrogens (tertiary/aromatic N) is 2. The lowest BCUT2D eigenvalue weighted by Gasteiger charge is -2.17. The van der Waals surface area contributed by atoms with Crippen LogP contribution < -0.4 is 9.80 Å². The molecule has 0 atom stereocenters. The molecule has 0 heterocycles. The minimum absolute atomic E-state index is 0.350. The minimum atomic E-state index is -1.02. The van der Waals surface area contributed by atoms with Crippen LogP contribution in [0.5, 0.6) is 0 Å². The third kappa shape index (κ3) is 6.54. The Hall–Kier alpha value is -2.44. The number of anilines is 2. The molecule has 2 aromatic rings. The van der Waals surface area contributed by atoms with Crippen LogP contribution in [0.25, 0.3) is 0 Å². The first kappa shape index (κ1) is 24.6. The van der Waals surface area contributed by atoms with Gasteiger partial charge < -0.3 is 10.2 Å². The second kappa shape index (κ2) is 10.4. The van der Waals surface area contributed by atoms with Crippen molar-refractivity contribution >= 4 is 46.8 Å². The van der Waals surface area contributed by atoms with Gasteiger partial charge >= 0.3 is 12.2 Å². The fourth-order valence-electron chi connectivity index (χ4n) is 2.37. The molecule has 0 aliphatic heterocycles. The number of amides is 2. The molecule has 0 spiro atoms. The summed E-state index contributed by atoms with van der Waals surface area (Å²) in [6.45, 7) is 7.96. The van der Waals surface area contributed by atoms with E-state index in [4.69, 9.17) is 33.4 Å². The van der Waals surface area contributed by atoms with Gasteiger partial charge in [-0.1, -0.05) is 43.1 Å². The maximum absolute atomic E-state index is 10.8. The molecule has 0 saturated heterocycles. The standard InChI is InChI=1S/C11H14ClNO2.C10H12ClNO2/c1-7(2)8-4-5-9(12)10(6-8)13(3)11(14)15;1-6-4-8(11)9(5-7(6)2)12(3)10(13)14/h4-7H,1-3H3,(H,14,15);4-5H,1-3H3,(H,13,14). The first-order valence-corrected chi connectivity index (χ1v) is 9.61. The van der Waals surface area contributed by atoms with Crippen molar-refractivity contribution in [3.63, 3.8) is 0 Å². The van der Waals surface area contributed by atoms with Gasteiger partial charge in [-0.25, -0.2) is 9.59 Å². The molecule has 0 aromatic heterocycles. The maximum Gasteiger partial charge on any atom is 0.411 e. The number of carboxylic acid groups (broad SMARTS) is 2. The molecular weight excluding hydrogens is 415 g/mol. The van der Waals surface area contributed by atoms with Crippen LogP contribution in [0.15, 0.2) is 30.3 Å². The highest BCUT2D eigenvalue weighted by atomic mass is 35.5. The lowest BCUT2D eigenvalue weighted by Crippen LogP contribution is -2.24. The van der Waals surface area contributed by atoms with E-state index in [9.17, 15) is 9.59 Å². The quantitative estimate of drug-likeness (QED) is 0.559. The lowest BCUT2D eigenvalue weighted by molar-refractivity contribution is 0.202. The van der Waals surface area contributed by atoms with Crippen LogP contribution in [0, 0.1) is 13.8 Å². The Balaban J connectivity index is 0.000000291. The second-order valence-corrected chi connectivity index (χ2v) is 7.75. The van der Waals surface area contributed by atoms with Crippen LogP contribution in [-0.2, 0) is 0 Å². The molecule has 0 saturated carbocycles. The number of halogens is 2. The zero-order valence-electron chi connectivity index (χ0n) is 17.3. The topological polar surface area (TPSA) is 81.1 Å². The van der Waals surface area contributed by atoms with E-state index in [0.717, 1.165) is 26.5 Å². The van der Waals surface area contributed by atoms with Gasteiger partial charge in [-0.05, 0) is 60.7 Å². The van der Waals surface area contributed by atoms with Gasteiger partial charge in [-0.3, -0.25) is 9.80 Å². The van der Waals surface area contributed by atoms with Crippen molar-refractivity contribution < 1.29 is 19.8 Å². The Morgan fingerprint density at radius 1 is 0.828 bits per heavy atom. The van der Waals surface area contributed by atoms with Crippen LogP contribution in [0.3, 0.4) is 0 Å². The van der Waals surface area contributed by atoms with Gasteiger partial charge in [0.15, 0.2) is 0 Å². The molecule has 0 aliphatic rings. The highest BCUT2D eigenvalue weighted by Crippen LogP contribution is 2.29. The van der Waals surface area contributed by atoms with Crippen LogP contribution in [0.1, 0.15) is 36.5 Å². The maximum atomic E-state index is 10.8. The molecule has 8 heteroatoms. The van der Waals surface area contributed by atoms with Gasteiger partial charge in [-0.2, -0.15) is 0 Å². The molecule has 2 aromatic carbocycles. The molecular formula is C21H26Cl2N2O4. The van der Waals surface area contributed by atoms with Crippen molar-refractivity contribution in [1.29, 1.82) is 0 Å². The Morgan fingerprint density at radius 2 is 1.28 bits per heavy atom. The van der Waals surface area contributed by atoms with Crippen molar-refractivity contribution in [3.8, 4) is 0 Å². The van der Waals surface area contributed by atoms with E-state index in [1.54, 1.807) is 24.3 Å². The summed E-state index contributed by atoms with van der Waals surface area (Å²) < 4.78 is 0. The molecule has 2 N–H and O–H groups in total. The summed E-state index contributed by atoms with van der Waals surface area (Å²) in [4.78, 5) is 23.7. The number of hydrogen-bond acceptors (Lipinski definition) is 2. The first-order chi connectivity index (χ1) is 13.4. The number of carbonyl (C=O) groups is 2. The first-order valence-electron chi connectivity index (χ1n) is 8.86. The summed E-state index contributed by atoms with van der Waals surface area (Å²) in [6.07, 6.45) is -2.03. The molecule has 158 valence electrons. The van der Waals surface area contributed by atoms with Crippen molar-refractivity contribution in [2.45, 2.75) is 33.6 Å². The Labute approximate surface area is 181 Å². The van der Waals surface area contributed by atoms with E-state index in [-0.39, 0.29) is 0 Å². The third-order valence-corrected chi connectivity index (χ3v) is 5.12. The molecule has 29 heavy (non-hydrogen) atoms. The Morgan fingerprint density at radius 3 is 1.72 bits per heavy atom. The minimum Gasteiger partial charge on any atom is -0.465 e. The zero-order valence-corrected chi connectivity index (χ0v) is 18.8. The van der Waals surface area contributed by atoms with E-state index in [1.807, 2.05) is 33.8 Å². The van der Waals surface area contributed by atoms with Crippen molar-refractivity contribution in [2.75, 3.05) is 23.9 Å². The lowest BCUT2D eigenvalue weighted by atomic mass is 10.0. The van der Waals surface area contributed by atoms with E-state index in [2.05, 4.69) is 0 Å². The number of benzene rings is 2. The summed E-state index contributed by atoms with van der Waals surface area (Å²) in [5, 5.41) is 18.5. The molecule has 0 radical (unpaired) electrons. The average Bonchev–Trinajstić information content (AvgIpc) is 2.64. The molecule has 0 aliphatic carbocycles. The third-order valence-electron chi connectivity index (χ3n) is 4.50. The summed E-state index contributed by atoms with van der Waals surface area (Å²) in [5.41, 5.74) is 4.19. The molecule has 0 fully saturated rings. The Bertz CT molecular complexity index is 900. The monoisotopic (exact) mass is 440 g/mol. The van der Waals surface area contributed by atoms with Gasteiger partial charge in [0.05, 0.1) is 21.4 Å². The van der Waals surface area contributed by atoms with Crippen LogP contribution in [0.2, 0.25) is 10.0 Å². The van der Waals surface area contributed by atoms with Gasteiger partial charge in [0, 0.05) is 14.1 Å². The highest BCUT2D eigenvalue weighted by Gasteiger charge is 2.14. The number of aryl methyl sites for hydroxylation is 2. The summed E-state index contributed by atoms with van der Waals surface area (Å²) in [6, 6.07) is 8.98. The molecule has 6 nitrogen and oxygen atoms in total. The summed E-state index contributed by atoms with van der Waals surface area (Å²) >= 11 is 11.9. The van der Waals surface area contributed by atoms with Crippen molar-refractivity contribution in [2.24, 2.45) is 0 Å². The fraction of sp³-hybridized carbons (Fsp3) is 0.333. The van der Waals surface area contributed by atoms with Crippen LogP contribution in [-0.4, -0.2) is 36.5 Å². The summed E-state index contributed by atoms with van der Waals surface area (Å²) in [7, 11) is 2.95. The highest BCUT2D eigenvalue weighted by molar-refractivity contribution is 6.34. The van der Waals surface area contributed by atoms with E-state index in [0.29, 0.717) is 27.3 Å². The number of rotatable bonds is 3. The van der Waals surface area contributed by atoms with Crippen molar-refractivity contribution in [3.05, 3.63) is 57.1 Å². The summed E-state index contributed by atoms with van der Waals surface area (Å²) in [5.74, 6) is 0.350. The molecule has 0 unspecified atom stereocenters. The molecule has 2 amide bonds. The second-order valence-electron chi connectivity index (χ2n) is 6.94. The normalized spacial score (nSPS) is 10.2. The Kier molecular flexibility index (Phi) is 8.80. The van der Waals surface area contributed by atoms with E-state index >= 15 is 0 Å². The smallest absolute Gasteiger partial charge is 0.411 e. The molecule has 0 bridgehead atoms. The van der Waals surface area contributed by atoms with Crippen LogP contribution >= 0.6 is 23.2 Å². The fourth-order valence-corrected chi connectivity index (χ4v) is 2.96. The average molecular weight is 441 g/mol. The van der Waals surface area contributed by atoms with Crippen molar-refractivity contribution in [1.82, 2.24) is 0 Å². The molecule has 2 rings (SSSR count). The zero-order chi connectivity index (χ0) is 22.5. The van der Waals surface area contributed by atoms with Gasteiger partial charge in [0.2, 0.25) is 0 Å². The SMILES string of the molecule is CC(C)c1ccc(Cl)c(N(C)C(=O)O)c1.Cc1cc(Cl)c(N(C)C(=O)O)cc1C.